The Morgan fingerprint density at radius 2 is 1.55 bits per heavy atom. The third-order valence-corrected chi connectivity index (χ3v) is 9.73. The molecule has 4 atom stereocenters. The van der Waals surface area contributed by atoms with Crippen molar-refractivity contribution >= 4 is 41.4 Å². The lowest BCUT2D eigenvalue weighted by atomic mass is 9.78. The number of ether oxygens (including phenoxy) is 1. The van der Waals surface area contributed by atoms with E-state index >= 15 is 0 Å². The van der Waals surface area contributed by atoms with Crippen LogP contribution in [0, 0.1) is 5.41 Å². The molecular formula is C39H60N6O8. The van der Waals surface area contributed by atoms with E-state index in [1.165, 1.54) is 9.80 Å². The van der Waals surface area contributed by atoms with Gasteiger partial charge in [-0.05, 0) is 57.4 Å². The first kappa shape index (κ1) is 42.9. The van der Waals surface area contributed by atoms with Gasteiger partial charge in [0.1, 0.15) is 23.7 Å². The van der Waals surface area contributed by atoms with E-state index in [4.69, 9.17) is 4.74 Å². The lowest BCUT2D eigenvalue weighted by molar-refractivity contribution is -0.144. The number of likely N-dealkylation sites (N-methyl/N-ethyl adjacent to an activating group) is 1. The van der Waals surface area contributed by atoms with Crippen LogP contribution in [0.15, 0.2) is 30.3 Å². The average molecular weight is 741 g/mol. The minimum absolute atomic E-state index is 0.203. The topological polar surface area (TPSA) is 183 Å². The van der Waals surface area contributed by atoms with E-state index in [2.05, 4.69) is 21.3 Å². The molecule has 0 aliphatic carbocycles. The molecule has 294 valence electrons. The van der Waals surface area contributed by atoms with Gasteiger partial charge in [0.05, 0.1) is 12.6 Å². The van der Waals surface area contributed by atoms with E-state index in [-0.39, 0.29) is 18.9 Å². The summed E-state index contributed by atoms with van der Waals surface area (Å²) in [7, 11) is 3.13. The molecule has 2 heterocycles. The predicted octanol–water partition coefficient (Wildman–Crippen LogP) is 3.54. The van der Waals surface area contributed by atoms with Crippen LogP contribution in [-0.2, 0) is 33.5 Å². The zero-order valence-electron chi connectivity index (χ0n) is 32.5. The first-order valence-corrected chi connectivity index (χ1v) is 18.9. The van der Waals surface area contributed by atoms with Crippen LogP contribution in [0.2, 0.25) is 0 Å². The van der Waals surface area contributed by atoms with Crippen LogP contribution in [-0.4, -0.2) is 102 Å². The lowest BCUT2D eigenvalue weighted by Crippen LogP contribution is -2.59. The van der Waals surface area contributed by atoms with Gasteiger partial charge in [0.15, 0.2) is 0 Å². The van der Waals surface area contributed by atoms with Gasteiger partial charge in [-0.15, -0.1) is 0 Å². The number of ketones is 1. The molecule has 2 saturated heterocycles. The fourth-order valence-electron chi connectivity index (χ4n) is 6.79. The van der Waals surface area contributed by atoms with E-state index < -0.39 is 77.2 Å². The number of amides is 6. The van der Waals surface area contributed by atoms with Gasteiger partial charge in [-0.2, -0.15) is 0 Å². The van der Waals surface area contributed by atoms with Crippen molar-refractivity contribution in [3.8, 4) is 0 Å². The van der Waals surface area contributed by atoms with Gasteiger partial charge < -0.3 is 35.8 Å². The Morgan fingerprint density at radius 1 is 0.925 bits per heavy atom. The van der Waals surface area contributed by atoms with E-state index in [0.717, 1.165) is 38.5 Å². The number of fused-ring (bicyclic) bond motifs is 1. The monoisotopic (exact) mass is 740 g/mol. The number of hydrogen-bond acceptors (Lipinski definition) is 8. The van der Waals surface area contributed by atoms with Gasteiger partial charge in [-0.3, -0.25) is 28.8 Å². The van der Waals surface area contributed by atoms with Crippen molar-refractivity contribution in [3.63, 3.8) is 0 Å². The summed E-state index contributed by atoms with van der Waals surface area (Å²) in [6.07, 6.45) is 7.09. The fraction of sp³-hybridized carbons (Fsp3) is 0.667. The van der Waals surface area contributed by atoms with Crippen LogP contribution in [0.25, 0.3) is 0 Å². The molecule has 4 N–H and O–H groups in total. The molecule has 6 amide bonds. The molecule has 2 aliphatic rings. The SMILES string of the molecule is CN(C)C(=O)C(NC(=O)CNC(=O)C(=O)[C@@H]1CCCCCCCCCC(C)(C)C(NC(=O)OC(C)(C)C)C(=O)N2CCCC2C(=O)N1)c1ccccc1. The number of hydrogen-bond donors (Lipinski definition) is 4. The van der Waals surface area contributed by atoms with Crippen LogP contribution in [0.1, 0.15) is 117 Å². The van der Waals surface area contributed by atoms with Crippen LogP contribution < -0.4 is 21.3 Å². The molecular weight excluding hydrogens is 680 g/mol. The first-order valence-electron chi connectivity index (χ1n) is 18.9. The van der Waals surface area contributed by atoms with E-state index in [1.54, 1.807) is 65.2 Å². The van der Waals surface area contributed by atoms with Gasteiger partial charge in [-0.25, -0.2) is 4.79 Å². The number of Topliss-reactive ketones (excluding diaryl/α,β-unsaturated/α-hetero) is 1. The second-order valence-corrected chi connectivity index (χ2v) is 16.0. The van der Waals surface area contributed by atoms with Crippen molar-refractivity contribution < 1.29 is 38.3 Å². The fourth-order valence-corrected chi connectivity index (χ4v) is 6.79. The van der Waals surface area contributed by atoms with Crippen LogP contribution in [0.5, 0.6) is 0 Å². The molecule has 14 nitrogen and oxygen atoms in total. The number of carbonyl (C=O) groups excluding carboxylic acids is 7. The second-order valence-electron chi connectivity index (χ2n) is 16.0. The van der Waals surface area contributed by atoms with Crippen LogP contribution in [0.3, 0.4) is 0 Å². The molecule has 2 aliphatic heterocycles. The van der Waals surface area contributed by atoms with Crippen molar-refractivity contribution in [1.29, 1.82) is 0 Å². The van der Waals surface area contributed by atoms with Crippen LogP contribution in [0.4, 0.5) is 4.79 Å². The standard InChI is InChI=1S/C39H60N6O8/c1-38(2,3)53-37(52)43-32-36(51)45-24-18-22-28(45)33(48)41-27(21-16-11-9-8-10-12-17-23-39(32,4)5)31(47)34(49)40-25-29(46)42-30(35(50)44(6)7)26-19-14-13-15-20-26/h13-15,19-20,27-28,30,32H,8-12,16-18,21-25H2,1-7H3,(H,40,49)(H,41,48)(H,42,46)(H,43,52)/t27-,28?,30?,32?/m0/s1. The molecule has 0 spiro atoms. The molecule has 53 heavy (non-hydrogen) atoms. The number of nitrogens with one attached hydrogen (secondary N) is 4. The Bertz CT molecular complexity index is 1460. The van der Waals surface area contributed by atoms with Gasteiger partial charge in [0.2, 0.25) is 29.4 Å². The Hall–Kier alpha value is -4.49. The Kier molecular flexibility index (Phi) is 15.8. The van der Waals surface area contributed by atoms with Crippen molar-refractivity contribution in [1.82, 2.24) is 31.1 Å². The van der Waals surface area contributed by atoms with E-state index in [1.807, 2.05) is 13.8 Å². The Morgan fingerprint density at radius 3 is 2.17 bits per heavy atom. The number of alkyl carbamates (subject to hydrolysis) is 1. The smallest absolute Gasteiger partial charge is 0.408 e. The van der Waals surface area contributed by atoms with Gasteiger partial charge in [0.25, 0.3) is 5.91 Å². The molecule has 1 aromatic carbocycles. The Balaban J connectivity index is 1.77. The maximum absolute atomic E-state index is 14.2. The molecule has 0 radical (unpaired) electrons. The number of rotatable bonds is 8. The summed E-state index contributed by atoms with van der Waals surface area (Å²) in [5.74, 6) is -3.97. The molecule has 14 heteroatoms. The predicted molar refractivity (Wildman–Crippen MR) is 199 cm³/mol. The van der Waals surface area contributed by atoms with Crippen molar-refractivity contribution in [2.75, 3.05) is 27.2 Å². The van der Waals surface area contributed by atoms with Gasteiger partial charge in [-0.1, -0.05) is 89.1 Å². The molecule has 3 rings (SSSR count). The van der Waals surface area contributed by atoms with E-state index in [9.17, 15) is 33.6 Å². The summed E-state index contributed by atoms with van der Waals surface area (Å²) in [5, 5.41) is 10.5. The average Bonchev–Trinajstić information content (AvgIpc) is 3.59. The summed E-state index contributed by atoms with van der Waals surface area (Å²) < 4.78 is 5.51. The summed E-state index contributed by atoms with van der Waals surface area (Å²) in [5.41, 5.74) is -0.881. The third-order valence-electron chi connectivity index (χ3n) is 9.73. The summed E-state index contributed by atoms with van der Waals surface area (Å²) in [6, 6.07) is 4.61. The zero-order chi connectivity index (χ0) is 39.3. The lowest BCUT2D eigenvalue weighted by Gasteiger charge is -2.38. The molecule has 2 fully saturated rings. The van der Waals surface area contributed by atoms with Crippen molar-refractivity contribution in [3.05, 3.63) is 35.9 Å². The highest BCUT2D eigenvalue weighted by molar-refractivity contribution is 6.38. The maximum atomic E-state index is 14.2. The van der Waals surface area contributed by atoms with Crippen molar-refractivity contribution in [2.24, 2.45) is 5.41 Å². The molecule has 0 saturated carbocycles. The third kappa shape index (κ3) is 13.1. The minimum atomic E-state index is -1.18. The Labute approximate surface area is 313 Å². The van der Waals surface area contributed by atoms with Crippen molar-refractivity contribution in [2.45, 2.75) is 135 Å². The summed E-state index contributed by atoms with van der Waals surface area (Å²) in [4.78, 5) is 96.3. The van der Waals surface area contributed by atoms with Gasteiger partial charge >= 0.3 is 6.09 Å². The van der Waals surface area contributed by atoms with Crippen LogP contribution >= 0.6 is 0 Å². The number of nitrogens with zero attached hydrogens (tertiary/aromatic N) is 2. The molecule has 0 bridgehead atoms. The molecule has 3 unspecified atom stereocenters. The second kappa shape index (κ2) is 19.5. The summed E-state index contributed by atoms with van der Waals surface area (Å²) >= 11 is 0. The number of benzene rings is 1. The minimum Gasteiger partial charge on any atom is -0.444 e. The first-order chi connectivity index (χ1) is 24.9. The summed E-state index contributed by atoms with van der Waals surface area (Å²) in [6.45, 7) is 8.81. The highest BCUT2D eigenvalue weighted by Gasteiger charge is 2.44. The highest BCUT2D eigenvalue weighted by atomic mass is 16.6. The largest absolute Gasteiger partial charge is 0.444 e. The normalized spacial score (nSPS) is 22.2. The molecule has 0 aromatic heterocycles. The number of carbonyl (C=O) groups is 7. The quantitative estimate of drug-likeness (QED) is 0.292. The highest BCUT2D eigenvalue weighted by Crippen LogP contribution is 2.32. The zero-order valence-corrected chi connectivity index (χ0v) is 32.5. The van der Waals surface area contributed by atoms with E-state index in [0.29, 0.717) is 31.2 Å². The van der Waals surface area contributed by atoms with Gasteiger partial charge in [0, 0.05) is 20.6 Å². The maximum Gasteiger partial charge on any atom is 0.408 e. The molecule has 1 aromatic rings.